The van der Waals surface area contributed by atoms with Gasteiger partial charge >= 0.3 is 6.03 Å². The summed E-state index contributed by atoms with van der Waals surface area (Å²) >= 11 is 0. The maximum absolute atomic E-state index is 12.0. The van der Waals surface area contributed by atoms with Crippen LogP contribution < -0.4 is 15.4 Å². The van der Waals surface area contributed by atoms with Crippen molar-refractivity contribution in [3.63, 3.8) is 0 Å². The number of hydrogen-bond donors (Lipinski definition) is 2. The first-order chi connectivity index (χ1) is 11.9. The van der Waals surface area contributed by atoms with E-state index in [-0.39, 0.29) is 19.2 Å². The fraction of sp³-hybridized carbons (Fsp3) is 0.562. The van der Waals surface area contributed by atoms with Crippen LogP contribution in [0.5, 0.6) is 5.75 Å². The minimum Gasteiger partial charge on any atom is -0.489 e. The van der Waals surface area contributed by atoms with E-state index < -0.39 is 16.1 Å². The maximum atomic E-state index is 12.0. The van der Waals surface area contributed by atoms with Crippen LogP contribution in [0.3, 0.4) is 0 Å². The Bertz CT molecular complexity index is 674. The molecule has 0 unspecified atom stereocenters. The molecule has 0 aliphatic carbocycles. The van der Waals surface area contributed by atoms with Gasteiger partial charge in [-0.05, 0) is 25.0 Å². The van der Waals surface area contributed by atoms with E-state index in [1.807, 2.05) is 6.07 Å². The molecule has 9 heteroatoms. The normalized spacial score (nSPS) is 17.5. The summed E-state index contributed by atoms with van der Waals surface area (Å²) in [7, 11) is -1.79. The summed E-state index contributed by atoms with van der Waals surface area (Å²) in [5.74, 6) is 0.571. The molecule has 25 heavy (non-hydrogen) atoms. The van der Waals surface area contributed by atoms with E-state index >= 15 is 0 Å². The van der Waals surface area contributed by atoms with Crippen molar-refractivity contribution in [2.24, 2.45) is 0 Å². The Kier molecular flexibility index (Phi) is 7.03. The molecular formula is C16H25N3O5S. The van der Waals surface area contributed by atoms with Crippen molar-refractivity contribution >= 4 is 21.7 Å². The maximum Gasteiger partial charge on any atom is 0.319 e. The summed E-state index contributed by atoms with van der Waals surface area (Å²) in [6, 6.07) is 6.73. The molecule has 1 saturated heterocycles. The molecule has 140 valence electrons. The summed E-state index contributed by atoms with van der Waals surface area (Å²) in [6.07, 6.45) is 3.23. The first-order valence-electron chi connectivity index (χ1n) is 8.16. The number of nitrogens with one attached hydrogen (secondary N) is 2. The Morgan fingerprint density at radius 1 is 1.40 bits per heavy atom. The van der Waals surface area contributed by atoms with Crippen molar-refractivity contribution in [3.05, 3.63) is 24.3 Å². The van der Waals surface area contributed by atoms with Gasteiger partial charge in [0.1, 0.15) is 12.4 Å². The van der Waals surface area contributed by atoms with E-state index in [2.05, 4.69) is 10.6 Å². The summed E-state index contributed by atoms with van der Waals surface area (Å²) in [5, 5.41) is 5.34. The fourth-order valence-corrected chi connectivity index (χ4v) is 2.74. The molecule has 0 aromatic heterocycles. The van der Waals surface area contributed by atoms with Crippen LogP contribution in [0, 0.1) is 0 Å². The van der Waals surface area contributed by atoms with Crippen LogP contribution in [0.2, 0.25) is 0 Å². The van der Waals surface area contributed by atoms with E-state index in [1.165, 1.54) is 11.4 Å². The van der Waals surface area contributed by atoms with Crippen LogP contribution in [0.4, 0.5) is 10.5 Å². The Balaban J connectivity index is 1.81. The zero-order valence-corrected chi connectivity index (χ0v) is 15.3. The Hall–Kier alpha value is -1.84. The lowest BCUT2D eigenvalue weighted by atomic mass is 10.2. The number of likely N-dealkylation sites (N-methyl/N-ethyl adjacent to an activating group) is 1. The Labute approximate surface area is 148 Å². The number of carbonyl (C=O) groups is 1. The number of para-hydroxylation sites is 2. The average Bonchev–Trinajstić information content (AvgIpc) is 3.06. The quantitative estimate of drug-likeness (QED) is 0.717. The SMILES string of the molecule is CN(CCNC(=O)Nc1ccccc1OC[C@H]1CCCO1)S(C)(=O)=O. The van der Waals surface area contributed by atoms with Crippen LogP contribution >= 0.6 is 0 Å². The minimum absolute atomic E-state index is 0.0911. The lowest BCUT2D eigenvalue weighted by Crippen LogP contribution is -2.37. The molecular weight excluding hydrogens is 346 g/mol. The zero-order valence-electron chi connectivity index (χ0n) is 14.5. The summed E-state index contributed by atoms with van der Waals surface area (Å²) in [4.78, 5) is 12.0. The highest BCUT2D eigenvalue weighted by Crippen LogP contribution is 2.24. The molecule has 0 spiro atoms. The molecule has 0 saturated carbocycles. The zero-order chi connectivity index (χ0) is 18.3. The van der Waals surface area contributed by atoms with Gasteiger partial charge in [-0.15, -0.1) is 0 Å². The van der Waals surface area contributed by atoms with E-state index in [4.69, 9.17) is 9.47 Å². The second-order valence-corrected chi connectivity index (χ2v) is 8.00. The fourth-order valence-electron chi connectivity index (χ4n) is 2.31. The summed E-state index contributed by atoms with van der Waals surface area (Å²) < 4.78 is 35.0. The van der Waals surface area contributed by atoms with Crippen molar-refractivity contribution in [2.75, 3.05) is 44.9 Å². The van der Waals surface area contributed by atoms with Crippen molar-refractivity contribution in [1.29, 1.82) is 0 Å². The second kappa shape index (κ2) is 9.02. The molecule has 2 N–H and O–H groups in total. The van der Waals surface area contributed by atoms with Crippen LogP contribution in [-0.4, -0.2) is 64.5 Å². The van der Waals surface area contributed by atoms with Gasteiger partial charge in [0.2, 0.25) is 10.0 Å². The lowest BCUT2D eigenvalue weighted by Gasteiger charge is -2.16. The third-order valence-electron chi connectivity index (χ3n) is 3.86. The van der Waals surface area contributed by atoms with E-state index in [0.717, 1.165) is 25.7 Å². The van der Waals surface area contributed by atoms with Crippen molar-refractivity contribution in [1.82, 2.24) is 9.62 Å². The molecule has 1 aliphatic rings. The van der Waals surface area contributed by atoms with Gasteiger partial charge in [-0.3, -0.25) is 0 Å². The molecule has 2 amide bonds. The van der Waals surface area contributed by atoms with E-state index in [1.54, 1.807) is 18.2 Å². The lowest BCUT2D eigenvalue weighted by molar-refractivity contribution is 0.0682. The van der Waals surface area contributed by atoms with Gasteiger partial charge in [-0.2, -0.15) is 0 Å². The number of sulfonamides is 1. The molecule has 8 nitrogen and oxygen atoms in total. The largest absolute Gasteiger partial charge is 0.489 e. The second-order valence-electron chi connectivity index (χ2n) is 5.91. The first kappa shape index (κ1) is 19.5. The van der Waals surface area contributed by atoms with Crippen LogP contribution in [0.15, 0.2) is 24.3 Å². The summed E-state index contributed by atoms with van der Waals surface area (Å²) in [6.45, 7) is 1.61. The number of urea groups is 1. The number of amides is 2. The van der Waals surface area contributed by atoms with Crippen LogP contribution in [0.1, 0.15) is 12.8 Å². The number of ether oxygens (including phenoxy) is 2. The summed E-state index contributed by atoms with van der Waals surface area (Å²) in [5.41, 5.74) is 0.550. The molecule has 0 radical (unpaired) electrons. The van der Waals surface area contributed by atoms with Crippen molar-refractivity contribution in [3.8, 4) is 5.75 Å². The highest BCUT2D eigenvalue weighted by Gasteiger charge is 2.17. The number of rotatable bonds is 8. The highest BCUT2D eigenvalue weighted by atomic mass is 32.2. The van der Waals surface area contributed by atoms with Gasteiger partial charge in [-0.25, -0.2) is 17.5 Å². The van der Waals surface area contributed by atoms with Crippen molar-refractivity contribution in [2.45, 2.75) is 18.9 Å². The van der Waals surface area contributed by atoms with Gasteiger partial charge in [0.05, 0.1) is 18.0 Å². The number of carbonyl (C=O) groups excluding carboxylic acids is 1. The third-order valence-corrected chi connectivity index (χ3v) is 5.18. The first-order valence-corrected chi connectivity index (χ1v) is 10.0. The molecule has 1 fully saturated rings. The molecule has 1 aliphatic heterocycles. The third kappa shape index (κ3) is 6.52. The highest BCUT2D eigenvalue weighted by molar-refractivity contribution is 7.88. The molecule has 1 aromatic carbocycles. The van der Waals surface area contributed by atoms with Crippen molar-refractivity contribution < 1.29 is 22.7 Å². The van der Waals surface area contributed by atoms with Gasteiger partial charge < -0.3 is 20.1 Å². The van der Waals surface area contributed by atoms with E-state index in [0.29, 0.717) is 18.0 Å². The van der Waals surface area contributed by atoms with Gasteiger partial charge in [0, 0.05) is 26.7 Å². The topological polar surface area (TPSA) is 97.0 Å². The smallest absolute Gasteiger partial charge is 0.319 e. The number of nitrogens with zero attached hydrogens (tertiary/aromatic N) is 1. The predicted octanol–water partition coefficient (Wildman–Crippen LogP) is 1.26. The Morgan fingerprint density at radius 2 is 2.16 bits per heavy atom. The minimum atomic E-state index is -3.25. The number of anilines is 1. The number of hydrogen-bond acceptors (Lipinski definition) is 5. The van der Waals surface area contributed by atoms with Crippen LogP contribution in [-0.2, 0) is 14.8 Å². The van der Waals surface area contributed by atoms with Gasteiger partial charge in [0.25, 0.3) is 0 Å². The molecule has 1 atom stereocenters. The molecule has 1 aromatic rings. The molecule has 2 rings (SSSR count). The Morgan fingerprint density at radius 3 is 2.84 bits per heavy atom. The predicted molar refractivity (Wildman–Crippen MR) is 95.4 cm³/mol. The average molecular weight is 371 g/mol. The van der Waals surface area contributed by atoms with Gasteiger partial charge in [-0.1, -0.05) is 12.1 Å². The number of benzene rings is 1. The molecule has 1 heterocycles. The van der Waals surface area contributed by atoms with Gasteiger partial charge in [0.15, 0.2) is 0 Å². The monoisotopic (exact) mass is 371 g/mol. The standard InChI is InChI=1S/C16H25N3O5S/c1-19(25(2,21)22)10-9-17-16(20)18-14-7-3-4-8-15(14)24-12-13-6-5-11-23-13/h3-4,7-8,13H,5-6,9-12H2,1-2H3,(H2,17,18,20)/t13-/m1/s1. The van der Waals surface area contributed by atoms with E-state index in [9.17, 15) is 13.2 Å². The molecule has 0 bridgehead atoms. The van der Waals surface area contributed by atoms with Crippen LogP contribution in [0.25, 0.3) is 0 Å².